The predicted octanol–water partition coefficient (Wildman–Crippen LogP) is 0.831. The number of hydrogen-bond acceptors (Lipinski definition) is 4. The van der Waals surface area contributed by atoms with Crippen molar-refractivity contribution in [3.05, 3.63) is 24.3 Å². The van der Waals surface area contributed by atoms with Crippen molar-refractivity contribution in [3.8, 4) is 0 Å². The normalized spacial score (nSPS) is 25.1. The van der Waals surface area contributed by atoms with Gasteiger partial charge in [-0.25, -0.2) is 0 Å². The summed E-state index contributed by atoms with van der Waals surface area (Å²) in [4.78, 5) is 11.0. The zero-order chi connectivity index (χ0) is 10.7. The summed E-state index contributed by atoms with van der Waals surface area (Å²) in [7, 11) is 0. The van der Waals surface area contributed by atoms with Crippen molar-refractivity contribution in [1.82, 2.24) is 20.2 Å². The van der Waals surface area contributed by atoms with E-state index in [9.17, 15) is 0 Å². The molecule has 1 aromatic rings. The quantitative estimate of drug-likeness (QED) is 0.778. The fourth-order valence-electron chi connectivity index (χ4n) is 2.13. The number of nitrogens with one attached hydrogen (secondary N) is 1. The predicted molar refractivity (Wildman–Crippen MR) is 59.5 cm³/mol. The summed E-state index contributed by atoms with van der Waals surface area (Å²) in [5.74, 6) is 0. The maximum absolute atomic E-state index is 4.36. The molecule has 0 amide bonds. The first-order chi connectivity index (χ1) is 7.29. The fraction of sp³-hybridized carbons (Fsp3) is 0.636. The van der Waals surface area contributed by atoms with Gasteiger partial charge in [0.1, 0.15) is 0 Å². The molecule has 0 aliphatic carbocycles. The van der Waals surface area contributed by atoms with E-state index in [1.807, 2.05) is 6.20 Å². The zero-order valence-electron chi connectivity index (χ0n) is 9.35. The van der Waals surface area contributed by atoms with Gasteiger partial charge >= 0.3 is 0 Å². The van der Waals surface area contributed by atoms with Gasteiger partial charge in [0.2, 0.25) is 0 Å². The van der Waals surface area contributed by atoms with E-state index in [0.29, 0.717) is 12.1 Å². The minimum absolute atomic E-state index is 0.357. The Bertz CT molecular complexity index is 301. The Morgan fingerprint density at radius 3 is 3.07 bits per heavy atom. The minimum Gasteiger partial charge on any atom is -0.314 e. The van der Waals surface area contributed by atoms with Crippen molar-refractivity contribution in [2.45, 2.75) is 25.9 Å². The molecule has 0 unspecified atom stereocenters. The van der Waals surface area contributed by atoms with Crippen LogP contribution in [0, 0.1) is 0 Å². The van der Waals surface area contributed by atoms with Gasteiger partial charge in [0.15, 0.2) is 0 Å². The summed E-state index contributed by atoms with van der Waals surface area (Å²) < 4.78 is 0. The first-order valence-corrected chi connectivity index (χ1v) is 5.51. The van der Waals surface area contributed by atoms with Crippen LogP contribution in [-0.4, -0.2) is 40.5 Å². The van der Waals surface area contributed by atoms with Crippen LogP contribution in [0.25, 0.3) is 0 Å². The molecule has 0 saturated carbocycles. The molecule has 15 heavy (non-hydrogen) atoms. The van der Waals surface area contributed by atoms with Crippen LogP contribution in [0.3, 0.4) is 0 Å². The van der Waals surface area contributed by atoms with E-state index in [-0.39, 0.29) is 0 Å². The zero-order valence-corrected chi connectivity index (χ0v) is 9.35. The maximum atomic E-state index is 4.36. The van der Waals surface area contributed by atoms with E-state index < -0.39 is 0 Å². The maximum Gasteiger partial charge on any atom is 0.0755 e. The molecule has 1 aliphatic rings. The number of nitrogens with zero attached hydrogens (tertiary/aromatic N) is 3. The summed E-state index contributed by atoms with van der Waals surface area (Å²) in [6, 6.07) is 0.923. The van der Waals surface area contributed by atoms with Gasteiger partial charge in [-0.1, -0.05) is 0 Å². The minimum atomic E-state index is 0.357. The van der Waals surface area contributed by atoms with E-state index >= 15 is 0 Å². The molecule has 0 bridgehead atoms. The van der Waals surface area contributed by atoms with Gasteiger partial charge in [-0.3, -0.25) is 14.9 Å². The van der Waals surface area contributed by atoms with Crippen LogP contribution < -0.4 is 5.32 Å². The van der Waals surface area contributed by atoms with Crippen LogP contribution in [0.4, 0.5) is 0 Å². The van der Waals surface area contributed by atoms with E-state index in [4.69, 9.17) is 0 Å². The monoisotopic (exact) mass is 206 g/mol. The molecular formula is C11H18N4. The van der Waals surface area contributed by atoms with Gasteiger partial charge < -0.3 is 5.32 Å². The highest BCUT2D eigenvalue weighted by Crippen LogP contribution is 2.20. The van der Waals surface area contributed by atoms with E-state index in [0.717, 1.165) is 25.3 Å². The molecule has 1 aliphatic heterocycles. The third kappa shape index (κ3) is 2.33. The summed E-state index contributed by atoms with van der Waals surface area (Å²) in [6.07, 6.45) is 5.34. The topological polar surface area (TPSA) is 41.1 Å². The molecular weight excluding hydrogens is 188 g/mol. The average Bonchev–Trinajstić information content (AvgIpc) is 2.30. The molecule has 2 rings (SSSR count). The molecule has 1 N–H and O–H groups in total. The van der Waals surface area contributed by atoms with Crippen LogP contribution in [-0.2, 0) is 0 Å². The van der Waals surface area contributed by atoms with Gasteiger partial charge in [0.05, 0.1) is 11.7 Å². The Morgan fingerprint density at radius 2 is 2.40 bits per heavy atom. The number of hydrogen-bond donors (Lipinski definition) is 1. The smallest absolute Gasteiger partial charge is 0.0755 e. The van der Waals surface area contributed by atoms with Gasteiger partial charge in [-0.2, -0.15) is 0 Å². The third-order valence-electron chi connectivity index (χ3n) is 3.06. The van der Waals surface area contributed by atoms with Crippen LogP contribution in [0.15, 0.2) is 18.6 Å². The standard InChI is InChI=1S/C11H18N4/c1-9-7-13-5-6-15(9)10(2)11-8-12-3-4-14-11/h3-4,8-10,13H,5-7H2,1-2H3/t9-,10+/m0/s1. The SMILES string of the molecule is C[C@H](c1cnccn1)N1CCNC[C@@H]1C. The van der Waals surface area contributed by atoms with Crippen molar-refractivity contribution in [2.75, 3.05) is 19.6 Å². The van der Waals surface area contributed by atoms with Gasteiger partial charge in [0, 0.05) is 44.3 Å². The molecule has 82 valence electrons. The lowest BCUT2D eigenvalue weighted by molar-refractivity contribution is 0.123. The number of aromatic nitrogens is 2. The Kier molecular flexibility index (Phi) is 3.28. The second kappa shape index (κ2) is 4.68. The highest BCUT2D eigenvalue weighted by molar-refractivity contribution is 5.02. The van der Waals surface area contributed by atoms with Crippen molar-refractivity contribution >= 4 is 0 Å². The molecule has 0 radical (unpaired) electrons. The summed E-state index contributed by atoms with van der Waals surface area (Å²) in [6.45, 7) is 7.66. The molecule has 4 heteroatoms. The summed E-state index contributed by atoms with van der Waals surface area (Å²) in [5, 5.41) is 3.39. The Hall–Kier alpha value is -1.00. The Balaban J connectivity index is 2.09. The van der Waals surface area contributed by atoms with Crippen LogP contribution in [0.2, 0.25) is 0 Å². The molecule has 2 heterocycles. The van der Waals surface area contributed by atoms with Crippen LogP contribution in [0.1, 0.15) is 25.6 Å². The highest BCUT2D eigenvalue weighted by Gasteiger charge is 2.24. The van der Waals surface area contributed by atoms with Crippen molar-refractivity contribution in [3.63, 3.8) is 0 Å². The Labute approximate surface area is 90.7 Å². The molecule has 2 atom stereocenters. The molecule has 1 aromatic heterocycles. The second-order valence-electron chi connectivity index (χ2n) is 4.10. The largest absolute Gasteiger partial charge is 0.314 e. The van der Waals surface area contributed by atoms with Crippen molar-refractivity contribution in [1.29, 1.82) is 0 Å². The number of rotatable bonds is 2. The van der Waals surface area contributed by atoms with Gasteiger partial charge in [0.25, 0.3) is 0 Å². The van der Waals surface area contributed by atoms with Crippen molar-refractivity contribution in [2.24, 2.45) is 0 Å². The molecule has 1 saturated heterocycles. The van der Waals surface area contributed by atoms with Crippen LogP contribution in [0.5, 0.6) is 0 Å². The van der Waals surface area contributed by atoms with E-state index in [2.05, 4.69) is 34.0 Å². The lowest BCUT2D eigenvalue weighted by Gasteiger charge is -2.37. The lowest BCUT2D eigenvalue weighted by Crippen LogP contribution is -2.50. The molecule has 4 nitrogen and oxygen atoms in total. The summed E-state index contributed by atoms with van der Waals surface area (Å²) in [5.41, 5.74) is 1.06. The van der Waals surface area contributed by atoms with E-state index in [1.54, 1.807) is 12.4 Å². The number of piperazine rings is 1. The first kappa shape index (κ1) is 10.5. The van der Waals surface area contributed by atoms with Crippen molar-refractivity contribution < 1.29 is 0 Å². The van der Waals surface area contributed by atoms with Gasteiger partial charge in [-0.05, 0) is 13.8 Å². The van der Waals surface area contributed by atoms with Gasteiger partial charge in [-0.15, -0.1) is 0 Å². The first-order valence-electron chi connectivity index (χ1n) is 5.51. The molecule has 0 spiro atoms. The lowest BCUT2D eigenvalue weighted by atomic mass is 10.1. The second-order valence-corrected chi connectivity index (χ2v) is 4.10. The average molecular weight is 206 g/mol. The fourth-order valence-corrected chi connectivity index (χ4v) is 2.13. The van der Waals surface area contributed by atoms with Crippen LogP contribution >= 0.6 is 0 Å². The third-order valence-corrected chi connectivity index (χ3v) is 3.06. The molecule has 1 fully saturated rings. The Morgan fingerprint density at radius 1 is 1.53 bits per heavy atom. The summed E-state index contributed by atoms with van der Waals surface area (Å²) >= 11 is 0. The highest BCUT2D eigenvalue weighted by atomic mass is 15.2. The van der Waals surface area contributed by atoms with E-state index in [1.165, 1.54) is 0 Å². The molecule has 0 aromatic carbocycles.